The van der Waals surface area contributed by atoms with Gasteiger partial charge in [-0.05, 0) is 31.9 Å². The van der Waals surface area contributed by atoms with Crippen molar-refractivity contribution in [1.29, 1.82) is 0 Å². The zero-order valence-electron chi connectivity index (χ0n) is 17.3. The lowest BCUT2D eigenvalue weighted by Crippen LogP contribution is -2.49. The lowest BCUT2D eigenvalue weighted by atomic mass is 9.93. The minimum atomic E-state index is -0.480. The molecule has 3 atom stereocenters. The fraction of sp³-hybridized carbons (Fsp3) is 0.667. The second-order valence-corrected chi connectivity index (χ2v) is 8.49. The molecule has 4 rings (SSSR count). The molecule has 3 aliphatic heterocycles. The van der Waals surface area contributed by atoms with E-state index in [1.807, 2.05) is 0 Å². The number of ether oxygens (including phenoxy) is 3. The van der Waals surface area contributed by atoms with E-state index in [0.29, 0.717) is 54.1 Å². The van der Waals surface area contributed by atoms with Crippen LogP contribution < -0.4 is 20.1 Å². The number of hydrogen-bond acceptors (Lipinski definition) is 7. The lowest BCUT2D eigenvalue weighted by molar-refractivity contribution is -0.00192. The fourth-order valence-electron chi connectivity index (χ4n) is 4.37. The molecular formula is C21H30ClN3O5. The monoisotopic (exact) mass is 439 g/mol. The molecule has 9 heteroatoms. The molecule has 8 nitrogen and oxygen atoms in total. The van der Waals surface area contributed by atoms with Gasteiger partial charge < -0.3 is 30.0 Å². The van der Waals surface area contributed by atoms with Crippen LogP contribution in [-0.2, 0) is 4.74 Å². The summed E-state index contributed by atoms with van der Waals surface area (Å²) in [6.07, 6.45) is 2.85. The highest BCUT2D eigenvalue weighted by Gasteiger charge is 2.31. The van der Waals surface area contributed by atoms with Gasteiger partial charge in [-0.25, -0.2) is 0 Å². The first-order valence-electron chi connectivity index (χ1n) is 10.7. The maximum absolute atomic E-state index is 12.9. The molecule has 3 heterocycles. The predicted octanol–water partition coefficient (Wildman–Crippen LogP) is 1.74. The number of piperidine rings is 1. The van der Waals surface area contributed by atoms with Crippen molar-refractivity contribution in [2.75, 3.05) is 58.4 Å². The number of anilines is 1. The highest BCUT2D eigenvalue weighted by molar-refractivity contribution is 6.35. The van der Waals surface area contributed by atoms with Crippen molar-refractivity contribution in [3.05, 3.63) is 16.7 Å². The summed E-state index contributed by atoms with van der Waals surface area (Å²) in [6.45, 7) is 4.38. The number of aliphatic hydroxyl groups excluding tert-OH is 1. The summed E-state index contributed by atoms with van der Waals surface area (Å²) >= 11 is 6.35. The summed E-state index contributed by atoms with van der Waals surface area (Å²) in [5, 5.41) is 16.9. The molecule has 0 bridgehead atoms. The van der Waals surface area contributed by atoms with Crippen LogP contribution in [0.3, 0.4) is 0 Å². The number of aliphatic hydroxyl groups is 1. The molecule has 2 fully saturated rings. The number of nitrogens with one attached hydrogen (secondary N) is 2. The first-order valence-corrected chi connectivity index (χ1v) is 11.0. The standard InChI is InChI=1S/C21H30ClN3O5/c1-23-16-9-15(19-20(18(16)22)30-8-7-29-19)21(27)24-10-13-4-5-25(12-17(13)26)11-14-3-2-6-28-14/h9,13-14,17,23,26H,2-8,10-12H2,1H3,(H,24,27)/t13-,14?,17+/m0/s1. The zero-order valence-corrected chi connectivity index (χ0v) is 18.0. The summed E-state index contributed by atoms with van der Waals surface area (Å²) < 4.78 is 17.0. The number of rotatable bonds is 6. The van der Waals surface area contributed by atoms with E-state index in [1.165, 1.54) is 0 Å². The van der Waals surface area contributed by atoms with Gasteiger partial charge in [-0.2, -0.15) is 0 Å². The molecule has 166 valence electrons. The largest absolute Gasteiger partial charge is 0.485 e. The van der Waals surface area contributed by atoms with Crippen LogP contribution in [0, 0.1) is 5.92 Å². The number of halogens is 1. The number of benzene rings is 1. The van der Waals surface area contributed by atoms with E-state index in [4.69, 9.17) is 25.8 Å². The molecule has 0 spiro atoms. The van der Waals surface area contributed by atoms with Gasteiger partial charge in [-0.1, -0.05) is 11.6 Å². The van der Waals surface area contributed by atoms with Gasteiger partial charge in [0.05, 0.1) is 23.5 Å². The highest BCUT2D eigenvalue weighted by atomic mass is 35.5. The average molecular weight is 440 g/mol. The van der Waals surface area contributed by atoms with Crippen molar-refractivity contribution in [3.8, 4) is 11.5 Å². The highest BCUT2D eigenvalue weighted by Crippen LogP contribution is 2.44. The quantitative estimate of drug-likeness (QED) is 0.621. The number of hydrogen-bond donors (Lipinski definition) is 3. The van der Waals surface area contributed by atoms with E-state index in [9.17, 15) is 9.90 Å². The van der Waals surface area contributed by atoms with Crippen LogP contribution in [0.4, 0.5) is 5.69 Å². The maximum atomic E-state index is 12.9. The van der Waals surface area contributed by atoms with E-state index in [0.717, 1.165) is 39.0 Å². The first kappa shape index (κ1) is 21.5. The topological polar surface area (TPSA) is 92.3 Å². The third-order valence-electron chi connectivity index (χ3n) is 6.08. The molecule has 1 amide bonds. The van der Waals surface area contributed by atoms with Crippen LogP contribution in [0.5, 0.6) is 11.5 Å². The van der Waals surface area contributed by atoms with Crippen molar-refractivity contribution in [2.24, 2.45) is 5.92 Å². The molecule has 0 aliphatic carbocycles. The number of fused-ring (bicyclic) bond motifs is 1. The van der Waals surface area contributed by atoms with Crippen molar-refractivity contribution in [2.45, 2.75) is 31.5 Å². The van der Waals surface area contributed by atoms with Gasteiger partial charge in [0.15, 0.2) is 11.5 Å². The van der Waals surface area contributed by atoms with E-state index in [-0.39, 0.29) is 17.9 Å². The lowest BCUT2D eigenvalue weighted by Gasteiger charge is -2.37. The van der Waals surface area contributed by atoms with E-state index >= 15 is 0 Å². The molecular weight excluding hydrogens is 410 g/mol. The minimum Gasteiger partial charge on any atom is -0.485 e. The summed E-state index contributed by atoms with van der Waals surface area (Å²) in [5.74, 6) is 0.509. The van der Waals surface area contributed by atoms with E-state index in [2.05, 4.69) is 15.5 Å². The van der Waals surface area contributed by atoms with Crippen LogP contribution in [0.2, 0.25) is 5.02 Å². The maximum Gasteiger partial charge on any atom is 0.255 e. The Morgan fingerprint density at radius 3 is 2.77 bits per heavy atom. The van der Waals surface area contributed by atoms with Crippen LogP contribution in [0.15, 0.2) is 6.07 Å². The summed E-state index contributed by atoms with van der Waals surface area (Å²) in [7, 11) is 1.74. The van der Waals surface area contributed by atoms with Crippen molar-refractivity contribution < 1.29 is 24.1 Å². The molecule has 0 saturated carbocycles. The van der Waals surface area contributed by atoms with Gasteiger partial charge in [0.25, 0.3) is 5.91 Å². The molecule has 1 unspecified atom stereocenters. The SMILES string of the molecule is CNc1cc(C(=O)NC[C@@H]2CCN(CC3CCCO3)C[C@H]2O)c2c(c1Cl)OCCO2. The molecule has 1 aromatic rings. The van der Waals surface area contributed by atoms with Crippen molar-refractivity contribution >= 4 is 23.2 Å². The van der Waals surface area contributed by atoms with Crippen LogP contribution >= 0.6 is 11.6 Å². The summed E-state index contributed by atoms with van der Waals surface area (Å²) in [6, 6.07) is 1.67. The van der Waals surface area contributed by atoms with Gasteiger partial charge in [0, 0.05) is 39.2 Å². The second kappa shape index (κ2) is 9.60. The molecule has 1 aromatic carbocycles. The molecule has 3 N–H and O–H groups in total. The van der Waals surface area contributed by atoms with Gasteiger partial charge >= 0.3 is 0 Å². The van der Waals surface area contributed by atoms with Gasteiger partial charge in [-0.15, -0.1) is 0 Å². The van der Waals surface area contributed by atoms with E-state index < -0.39 is 6.10 Å². The Labute approximate surface area is 181 Å². The third-order valence-corrected chi connectivity index (χ3v) is 6.46. The number of nitrogens with zero attached hydrogens (tertiary/aromatic N) is 1. The van der Waals surface area contributed by atoms with E-state index in [1.54, 1.807) is 13.1 Å². The number of carbonyl (C=O) groups is 1. The average Bonchev–Trinajstić information content (AvgIpc) is 3.26. The fourth-order valence-corrected chi connectivity index (χ4v) is 4.66. The Hall–Kier alpha value is -1.74. The minimum absolute atomic E-state index is 0.0127. The van der Waals surface area contributed by atoms with Crippen LogP contribution in [0.25, 0.3) is 0 Å². The Bertz CT molecular complexity index is 771. The Morgan fingerprint density at radius 1 is 1.27 bits per heavy atom. The Kier molecular flexibility index (Phi) is 6.87. The van der Waals surface area contributed by atoms with Crippen LogP contribution in [-0.4, -0.2) is 81.2 Å². The first-order chi connectivity index (χ1) is 14.6. The molecule has 0 aromatic heterocycles. The third kappa shape index (κ3) is 4.61. The van der Waals surface area contributed by atoms with Gasteiger partial charge in [0.2, 0.25) is 0 Å². The number of amides is 1. The summed E-state index contributed by atoms with van der Waals surface area (Å²) in [5.41, 5.74) is 0.984. The smallest absolute Gasteiger partial charge is 0.255 e. The second-order valence-electron chi connectivity index (χ2n) is 8.11. The normalized spacial score (nSPS) is 26.4. The molecule has 2 saturated heterocycles. The Balaban J connectivity index is 1.36. The molecule has 0 radical (unpaired) electrons. The van der Waals surface area contributed by atoms with Gasteiger partial charge in [-0.3, -0.25) is 9.69 Å². The molecule has 3 aliphatic rings. The molecule has 30 heavy (non-hydrogen) atoms. The number of β-amino-alcohol motifs (C(OH)–C–C–N with tert-alkyl or cyclic N) is 1. The van der Waals surface area contributed by atoms with Gasteiger partial charge in [0.1, 0.15) is 18.2 Å². The number of carbonyl (C=O) groups excluding carboxylic acids is 1. The predicted molar refractivity (Wildman–Crippen MR) is 114 cm³/mol. The van der Waals surface area contributed by atoms with Crippen molar-refractivity contribution in [1.82, 2.24) is 10.2 Å². The zero-order chi connectivity index (χ0) is 21.1. The summed E-state index contributed by atoms with van der Waals surface area (Å²) in [4.78, 5) is 15.2. The van der Waals surface area contributed by atoms with Crippen LogP contribution in [0.1, 0.15) is 29.6 Å². The Morgan fingerprint density at radius 2 is 2.07 bits per heavy atom. The van der Waals surface area contributed by atoms with Crippen molar-refractivity contribution in [3.63, 3.8) is 0 Å². The number of likely N-dealkylation sites (tertiary alicyclic amines) is 1.